The van der Waals surface area contributed by atoms with E-state index in [2.05, 4.69) is 9.97 Å². The Morgan fingerprint density at radius 2 is 1.97 bits per heavy atom. The van der Waals surface area contributed by atoms with E-state index in [1.165, 1.54) is 12.4 Å². The second kappa shape index (κ2) is 8.80. The van der Waals surface area contributed by atoms with Gasteiger partial charge in [-0.05, 0) is 48.4 Å². The number of hydrogen-bond acceptors (Lipinski definition) is 6. The molecule has 0 radical (unpaired) electrons. The fraction of sp³-hybridized carbons (Fsp3) is 0.182. The van der Waals surface area contributed by atoms with E-state index in [0.717, 1.165) is 5.56 Å². The first-order valence-electron chi connectivity index (χ1n) is 9.31. The van der Waals surface area contributed by atoms with Gasteiger partial charge in [-0.15, -0.1) is 0 Å². The zero-order valence-corrected chi connectivity index (χ0v) is 16.6. The maximum atomic E-state index is 12.6. The SMILES string of the molecule is N#CCOc1cccc([C@H]2CCC(=O)N2c2cnc(Oc3ccc(Cl)cc3)cn2)c1. The monoisotopic (exact) mass is 420 g/mol. The quantitative estimate of drug-likeness (QED) is 0.574. The molecule has 1 fully saturated rings. The number of rotatable bonds is 6. The van der Waals surface area contributed by atoms with Crippen molar-refractivity contribution in [2.45, 2.75) is 18.9 Å². The van der Waals surface area contributed by atoms with Crippen molar-refractivity contribution in [3.05, 3.63) is 71.5 Å². The molecule has 0 saturated carbocycles. The van der Waals surface area contributed by atoms with Crippen molar-refractivity contribution < 1.29 is 14.3 Å². The van der Waals surface area contributed by atoms with Crippen LogP contribution in [-0.4, -0.2) is 22.5 Å². The van der Waals surface area contributed by atoms with Gasteiger partial charge in [0.15, 0.2) is 12.4 Å². The van der Waals surface area contributed by atoms with Crippen molar-refractivity contribution in [1.29, 1.82) is 5.26 Å². The Kier molecular flexibility index (Phi) is 5.77. The van der Waals surface area contributed by atoms with E-state index in [1.54, 1.807) is 35.2 Å². The summed E-state index contributed by atoms with van der Waals surface area (Å²) in [7, 11) is 0. The smallest absolute Gasteiger partial charge is 0.237 e. The number of nitrogens with zero attached hydrogens (tertiary/aromatic N) is 4. The van der Waals surface area contributed by atoms with Crippen LogP contribution >= 0.6 is 11.6 Å². The summed E-state index contributed by atoms with van der Waals surface area (Å²) in [6.07, 6.45) is 4.08. The van der Waals surface area contributed by atoms with Gasteiger partial charge in [-0.1, -0.05) is 23.7 Å². The van der Waals surface area contributed by atoms with Crippen LogP contribution in [0.4, 0.5) is 5.82 Å². The molecule has 0 bridgehead atoms. The molecule has 1 saturated heterocycles. The summed E-state index contributed by atoms with van der Waals surface area (Å²) in [4.78, 5) is 22.9. The lowest BCUT2D eigenvalue weighted by Crippen LogP contribution is -2.28. The summed E-state index contributed by atoms with van der Waals surface area (Å²) in [6.45, 7) is -0.0304. The number of benzene rings is 2. The van der Waals surface area contributed by atoms with E-state index >= 15 is 0 Å². The third-order valence-corrected chi connectivity index (χ3v) is 4.91. The average Bonchev–Trinajstić information content (AvgIpc) is 3.16. The Labute approximate surface area is 178 Å². The number of ether oxygens (including phenoxy) is 2. The first-order valence-corrected chi connectivity index (χ1v) is 9.69. The number of nitriles is 1. The zero-order valence-electron chi connectivity index (χ0n) is 15.9. The third kappa shape index (κ3) is 4.34. The molecule has 150 valence electrons. The number of carbonyl (C=O) groups excluding carboxylic acids is 1. The maximum Gasteiger partial charge on any atom is 0.237 e. The van der Waals surface area contributed by atoms with Crippen molar-refractivity contribution in [2.24, 2.45) is 0 Å². The van der Waals surface area contributed by atoms with Crippen molar-refractivity contribution in [2.75, 3.05) is 11.5 Å². The molecule has 1 atom stereocenters. The molecule has 4 rings (SSSR count). The number of halogens is 1. The number of hydrogen-bond donors (Lipinski definition) is 0. The summed E-state index contributed by atoms with van der Waals surface area (Å²) < 4.78 is 11.0. The highest BCUT2D eigenvalue weighted by Crippen LogP contribution is 2.37. The molecule has 3 aromatic rings. The van der Waals surface area contributed by atoms with Crippen LogP contribution in [0.2, 0.25) is 5.02 Å². The van der Waals surface area contributed by atoms with E-state index in [1.807, 2.05) is 24.3 Å². The van der Waals surface area contributed by atoms with E-state index in [0.29, 0.717) is 41.1 Å². The molecule has 1 aliphatic rings. The third-order valence-electron chi connectivity index (χ3n) is 4.66. The first kappa shape index (κ1) is 19.7. The normalized spacial score (nSPS) is 15.7. The summed E-state index contributed by atoms with van der Waals surface area (Å²) in [6, 6.07) is 16.1. The Balaban J connectivity index is 1.53. The molecule has 0 unspecified atom stereocenters. The molecule has 2 aromatic carbocycles. The summed E-state index contributed by atoms with van der Waals surface area (Å²) in [5, 5.41) is 9.32. The molecule has 2 heterocycles. The molecular formula is C22H17ClN4O3. The predicted molar refractivity (Wildman–Crippen MR) is 111 cm³/mol. The molecule has 7 nitrogen and oxygen atoms in total. The minimum atomic E-state index is -0.180. The molecule has 0 N–H and O–H groups in total. The largest absolute Gasteiger partial charge is 0.479 e. The molecular weight excluding hydrogens is 404 g/mol. The highest BCUT2D eigenvalue weighted by atomic mass is 35.5. The maximum absolute atomic E-state index is 12.6. The van der Waals surface area contributed by atoms with Gasteiger partial charge in [0.1, 0.15) is 17.6 Å². The van der Waals surface area contributed by atoms with Gasteiger partial charge >= 0.3 is 0 Å². The van der Waals surface area contributed by atoms with Gasteiger partial charge < -0.3 is 9.47 Å². The van der Waals surface area contributed by atoms with Crippen molar-refractivity contribution in [3.8, 4) is 23.4 Å². The standard InChI is InChI=1S/C22H17ClN4O3/c23-16-4-6-17(7-5-16)30-21-14-25-20(13-26-21)27-19(8-9-22(27)28)15-2-1-3-18(12-15)29-11-10-24/h1-7,12-14,19H,8-9,11H2/t19-/m1/s1. The number of anilines is 1. The van der Waals surface area contributed by atoms with E-state index in [9.17, 15) is 4.79 Å². The number of amides is 1. The highest BCUT2D eigenvalue weighted by molar-refractivity contribution is 6.30. The Morgan fingerprint density at radius 1 is 1.13 bits per heavy atom. The Hall–Kier alpha value is -3.63. The molecule has 1 aromatic heterocycles. The van der Waals surface area contributed by atoms with Gasteiger partial charge in [0, 0.05) is 11.4 Å². The second-order valence-electron chi connectivity index (χ2n) is 6.61. The Morgan fingerprint density at radius 3 is 2.70 bits per heavy atom. The van der Waals surface area contributed by atoms with Crippen molar-refractivity contribution in [3.63, 3.8) is 0 Å². The number of carbonyl (C=O) groups is 1. The minimum absolute atomic E-state index is 0.0241. The topological polar surface area (TPSA) is 88.3 Å². The van der Waals surface area contributed by atoms with E-state index in [4.69, 9.17) is 26.3 Å². The summed E-state index contributed by atoms with van der Waals surface area (Å²) in [5.74, 6) is 1.92. The van der Waals surface area contributed by atoms with Crippen LogP contribution < -0.4 is 14.4 Å². The van der Waals surface area contributed by atoms with Gasteiger partial charge in [0.05, 0.1) is 18.4 Å². The Bertz CT molecular complexity index is 1080. The predicted octanol–water partition coefficient (Wildman–Crippen LogP) is 4.69. The highest BCUT2D eigenvalue weighted by Gasteiger charge is 2.34. The zero-order chi connectivity index (χ0) is 20.9. The molecule has 1 aliphatic heterocycles. The molecule has 0 spiro atoms. The summed E-state index contributed by atoms with van der Waals surface area (Å²) >= 11 is 5.88. The fourth-order valence-corrected chi connectivity index (χ4v) is 3.45. The van der Waals surface area contributed by atoms with Gasteiger partial charge in [-0.25, -0.2) is 9.97 Å². The van der Waals surface area contributed by atoms with Gasteiger partial charge in [-0.3, -0.25) is 9.69 Å². The van der Waals surface area contributed by atoms with Gasteiger partial charge in [0.25, 0.3) is 0 Å². The van der Waals surface area contributed by atoms with Crippen LogP contribution in [0.1, 0.15) is 24.4 Å². The van der Waals surface area contributed by atoms with Crippen LogP contribution in [0.15, 0.2) is 60.9 Å². The number of aromatic nitrogens is 2. The van der Waals surface area contributed by atoms with E-state index in [-0.39, 0.29) is 18.6 Å². The van der Waals surface area contributed by atoms with Gasteiger partial charge in [0.2, 0.25) is 11.8 Å². The van der Waals surface area contributed by atoms with Crippen LogP contribution in [-0.2, 0) is 4.79 Å². The van der Waals surface area contributed by atoms with Crippen molar-refractivity contribution >= 4 is 23.3 Å². The van der Waals surface area contributed by atoms with Crippen molar-refractivity contribution in [1.82, 2.24) is 9.97 Å². The molecule has 30 heavy (non-hydrogen) atoms. The van der Waals surface area contributed by atoms with Crippen LogP contribution in [0.5, 0.6) is 17.4 Å². The lowest BCUT2D eigenvalue weighted by molar-refractivity contribution is -0.117. The first-order chi connectivity index (χ1) is 14.6. The lowest BCUT2D eigenvalue weighted by atomic mass is 10.0. The van der Waals surface area contributed by atoms with E-state index < -0.39 is 0 Å². The summed E-state index contributed by atoms with van der Waals surface area (Å²) in [5.41, 5.74) is 0.916. The van der Waals surface area contributed by atoms with Crippen LogP contribution in [0.25, 0.3) is 0 Å². The second-order valence-corrected chi connectivity index (χ2v) is 7.04. The van der Waals surface area contributed by atoms with Gasteiger partial charge in [-0.2, -0.15) is 5.26 Å². The minimum Gasteiger partial charge on any atom is -0.479 e. The molecule has 8 heteroatoms. The van der Waals surface area contributed by atoms with Crippen LogP contribution in [0, 0.1) is 11.3 Å². The average molecular weight is 421 g/mol. The van der Waals surface area contributed by atoms with Crippen LogP contribution in [0.3, 0.4) is 0 Å². The molecule has 1 amide bonds. The lowest BCUT2D eigenvalue weighted by Gasteiger charge is -2.24. The molecule has 0 aliphatic carbocycles. The fourth-order valence-electron chi connectivity index (χ4n) is 3.32.